The maximum atomic E-state index is 14.4. The molecule has 2 aromatic carbocycles. The van der Waals surface area contributed by atoms with Crippen LogP contribution in [-0.2, 0) is 24.3 Å². The Morgan fingerprint density at radius 2 is 1.97 bits per heavy atom. The molecule has 1 N–H and O–H groups in total. The van der Waals surface area contributed by atoms with Gasteiger partial charge in [0.05, 0.1) is 11.2 Å². The highest BCUT2D eigenvalue weighted by molar-refractivity contribution is 5.92. The lowest BCUT2D eigenvalue weighted by Gasteiger charge is -2.10. The molecule has 152 valence electrons. The zero-order valence-electron chi connectivity index (χ0n) is 16.3. The number of nitrogens with zero attached hydrogens (tertiary/aromatic N) is 6. The van der Waals surface area contributed by atoms with Crippen molar-refractivity contribution in [1.29, 1.82) is 0 Å². The average Bonchev–Trinajstić information content (AvgIpc) is 3.26. The summed E-state index contributed by atoms with van der Waals surface area (Å²) in [5.74, 6) is 0.757. The smallest absolute Gasteiger partial charge is 0.246 e. The van der Waals surface area contributed by atoms with Gasteiger partial charge in [-0.05, 0) is 43.2 Å². The molecule has 1 amide bonds. The number of aryl methyl sites for hydroxylation is 1. The largest absolute Gasteiger partial charge is 0.322 e. The molecule has 0 saturated heterocycles. The molecule has 0 radical (unpaired) electrons. The summed E-state index contributed by atoms with van der Waals surface area (Å²) in [4.78, 5) is 12.6. The van der Waals surface area contributed by atoms with E-state index in [1.165, 1.54) is 10.7 Å². The predicted molar refractivity (Wildman–Crippen MR) is 109 cm³/mol. The van der Waals surface area contributed by atoms with Crippen molar-refractivity contribution < 1.29 is 9.18 Å². The van der Waals surface area contributed by atoms with Gasteiger partial charge in [0, 0.05) is 18.5 Å². The molecule has 9 heteroatoms. The van der Waals surface area contributed by atoms with Gasteiger partial charge in [-0.1, -0.05) is 23.8 Å². The number of benzene rings is 2. The molecule has 1 aliphatic rings. The standard InChI is InChI=1S/C21H20FN7O/c22-15-10-9-14(21-26-25-19-8-2-1-5-11-28(19)21)12-17(15)23-20(30)13-29-18-7-4-3-6-16(18)24-27-29/h3-4,6-7,9-10,12H,1-2,5,8,11,13H2,(H,23,30). The summed E-state index contributed by atoms with van der Waals surface area (Å²) in [5, 5.41) is 19.3. The molecule has 4 aromatic rings. The van der Waals surface area contributed by atoms with Crippen LogP contribution in [0.5, 0.6) is 0 Å². The van der Waals surface area contributed by atoms with Gasteiger partial charge in [-0.2, -0.15) is 0 Å². The first kappa shape index (κ1) is 18.4. The highest BCUT2D eigenvalue weighted by Gasteiger charge is 2.18. The van der Waals surface area contributed by atoms with Crippen molar-refractivity contribution in [2.24, 2.45) is 0 Å². The highest BCUT2D eigenvalue weighted by atomic mass is 19.1. The van der Waals surface area contributed by atoms with Crippen molar-refractivity contribution in [3.8, 4) is 11.4 Å². The van der Waals surface area contributed by atoms with Gasteiger partial charge in [0.15, 0.2) is 5.82 Å². The summed E-state index contributed by atoms with van der Waals surface area (Å²) >= 11 is 0. The maximum Gasteiger partial charge on any atom is 0.246 e. The number of para-hydroxylation sites is 1. The minimum Gasteiger partial charge on any atom is -0.322 e. The van der Waals surface area contributed by atoms with Crippen LogP contribution in [-0.4, -0.2) is 35.7 Å². The lowest BCUT2D eigenvalue weighted by atomic mass is 10.1. The zero-order valence-corrected chi connectivity index (χ0v) is 16.3. The van der Waals surface area contributed by atoms with E-state index in [0.717, 1.165) is 49.1 Å². The van der Waals surface area contributed by atoms with E-state index in [2.05, 4.69) is 30.4 Å². The minimum absolute atomic E-state index is 0.0650. The summed E-state index contributed by atoms with van der Waals surface area (Å²) in [6, 6.07) is 12.0. The number of aromatic nitrogens is 6. The fourth-order valence-corrected chi connectivity index (χ4v) is 3.82. The molecule has 0 saturated carbocycles. The number of carbonyl (C=O) groups is 1. The Labute approximate surface area is 171 Å². The van der Waals surface area contributed by atoms with Gasteiger partial charge in [0.1, 0.15) is 23.7 Å². The SMILES string of the molecule is O=C(Cn1nnc2ccccc21)Nc1cc(-c2nnc3n2CCCCC3)ccc1F. The van der Waals surface area contributed by atoms with E-state index >= 15 is 0 Å². The Morgan fingerprint density at radius 3 is 2.90 bits per heavy atom. The van der Waals surface area contributed by atoms with Crippen LogP contribution in [0.3, 0.4) is 0 Å². The van der Waals surface area contributed by atoms with Crippen molar-refractivity contribution in [3.05, 3.63) is 54.1 Å². The fraction of sp³-hybridized carbons (Fsp3) is 0.286. The van der Waals surface area contributed by atoms with Crippen LogP contribution in [0.25, 0.3) is 22.4 Å². The van der Waals surface area contributed by atoms with Crippen LogP contribution in [0.1, 0.15) is 25.1 Å². The van der Waals surface area contributed by atoms with Gasteiger partial charge in [-0.15, -0.1) is 15.3 Å². The lowest BCUT2D eigenvalue weighted by Crippen LogP contribution is -2.20. The van der Waals surface area contributed by atoms with E-state index in [-0.39, 0.29) is 18.1 Å². The van der Waals surface area contributed by atoms with Crippen LogP contribution >= 0.6 is 0 Å². The van der Waals surface area contributed by atoms with E-state index in [1.54, 1.807) is 12.1 Å². The van der Waals surface area contributed by atoms with Crippen LogP contribution in [0.4, 0.5) is 10.1 Å². The first-order valence-corrected chi connectivity index (χ1v) is 9.99. The second-order valence-corrected chi connectivity index (χ2v) is 7.38. The molecule has 1 aliphatic heterocycles. The van der Waals surface area contributed by atoms with Crippen molar-refractivity contribution in [3.63, 3.8) is 0 Å². The molecule has 0 aliphatic carbocycles. The molecule has 0 fully saturated rings. The van der Waals surface area contributed by atoms with Crippen LogP contribution in [0.2, 0.25) is 0 Å². The number of nitrogens with one attached hydrogen (secondary N) is 1. The first-order valence-electron chi connectivity index (χ1n) is 9.99. The number of amides is 1. The number of anilines is 1. The molecule has 3 heterocycles. The molecule has 30 heavy (non-hydrogen) atoms. The minimum atomic E-state index is -0.508. The number of rotatable bonds is 4. The quantitative estimate of drug-likeness (QED) is 0.563. The summed E-state index contributed by atoms with van der Waals surface area (Å²) < 4.78 is 18.0. The van der Waals surface area contributed by atoms with E-state index in [9.17, 15) is 9.18 Å². The molecule has 0 spiro atoms. The molecule has 0 unspecified atom stereocenters. The number of halogens is 1. The summed E-state index contributed by atoms with van der Waals surface area (Å²) in [7, 11) is 0. The molecule has 5 rings (SSSR count). The summed E-state index contributed by atoms with van der Waals surface area (Å²) in [6.07, 6.45) is 4.21. The van der Waals surface area contributed by atoms with Crippen LogP contribution in [0, 0.1) is 5.82 Å². The van der Waals surface area contributed by atoms with Crippen LogP contribution in [0.15, 0.2) is 42.5 Å². The second kappa shape index (κ2) is 7.66. The first-order chi connectivity index (χ1) is 14.7. The third-order valence-corrected chi connectivity index (χ3v) is 5.32. The Balaban J connectivity index is 1.39. The maximum absolute atomic E-state index is 14.4. The Morgan fingerprint density at radius 1 is 1.07 bits per heavy atom. The van der Waals surface area contributed by atoms with Gasteiger partial charge >= 0.3 is 0 Å². The second-order valence-electron chi connectivity index (χ2n) is 7.38. The molecular formula is C21H20FN7O. The van der Waals surface area contributed by atoms with Gasteiger partial charge in [-0.3, -0.25) is 4.79 Å². The van der Waals surface area contributed by atoms with Gasteiger partial charge in [-0.25, -0.2) is 9.07 Å². The number of hydrogen-bond acceptors (Lipinski definition) is 5. The van der Waals surface area contributed by atoms with Crippen LogP contribution < -0.4 is 5.32 Å². The lowest BCUT2D eigenvalue weighted by molar-refractivity contribution is -0.116. The Kier molecular flexibility index (Phi) is 4.70. The number of fused-ring (bicyclic) bond motifs is 2. The van der Waals surface area contributed by atoms with Crippen molar-refractivity contribution in [2.45, 2.75) is 38.8 Å². The third-order valence-electron chi connectivity index (χ3n) is 5.32. The molecule has 0 bridgehead atoms. The van der Waals surface area contributed by atoms with E-state index in [4.69, 9.17) is 0 Å². The van der Waals surface area contributed by atoms with E-state index in [1.807, 2.05) is 24.3 Å². The Hall–Kier alpha value is -3.62. The average molecular weight is 405 g/mol. The van der Waals surface area contributed by atoms with Gasteiger partial charge in [0.2, 0.25) is 5.91 Å². The number of carbonyl (C=O) groups excluding carboxylic acids is 1. The normalized spacial score (nSPS) is 13.8. The van der Waals surface area contributed by atoms with Crippen molar-refractivity contribution >= 4 is 22.6 Å². The van der Waals surface area contributed by atoms with Crippen molar-refractivity contribution in [1.82, 2.24) is 29.8 Å². The molecular weight excluding hydrogens is 385 g/mol. The van der Waals surface area contributed by atoms with Gasteiger partial charge in [0.25, 0.3) is 0 Å². The predicted octanol–water partition coefficient (Wildman–Crippen LogP) is 3.19. The van der Waals surface area contributed by atoms with Gasteiger partial charge < -0.3 is 9.88 Å². The third kappa shape index (κ3) is 3.42. The summed E-state index contributed by atoms with van der Waals surface area (Å²) in [6.45, 7) is 0.778. The molecule has 2 aromatic heterocycles. The summed E-state index contributed by atoms with van der Waals surface area (Å²) in [5.41, 5.74) is 2.27. The zero-order chi connectivity index (χ0) is 20.5. The van der Waals surface area contributed by atoms with E-state index < -0.39 is 5.82 Å². The fourth-order valence-electron chi connectivity index (χ4n) is 3.82. The molecule has 0 atom stereocenters. The Bertz CT molecular complexity index is 1230. The molecule has 8 nitrogen and oxygen atoms in total. The highest BCUT2D eigenvalue weighted by Crippen LogP contribution is 2.26. The van der Waals surface area contributed by atoms with E-state index in [0.29, 0.717) is 11.3 Å². The number of hydrogen-bond donors (Lipinski definition) is 1. The topological polar surface area (TPSA) is 90.5 Å². The van der Waals surface area contributed by atoms with Crippen molar-refractivity contribution in [2.75, 3.05) is 5.32 Å². The monoisotopic (exact) mass is 405 g/mol.